The zero-order chi connectivity index (χ0) is 31.5. The van der Waals surface area contributed by atoms with Gasteiger partial charge in [0, 0.05) is 50.9 Å². The Labute approximate surface area is 256 Å². The summed E-state index contributed by atoms with van der Waals surface area (Å²) in [4.78, 5) is 51.3. The van der Waals surface area contributed by atoms with Gasteiger partial charge in [-0.15, -0.1) is 0 Å². The fourth-order valence-corrected chi connectivity index (χ4v) is 5.41. The van der Waals surface area contributed by atoms with Crippen molar-refractivity contribution in [2.75, 3.05) is 37.6 Å². The normalized spacial score (nSPS) is 14.3. The zero-order valence-corrected chi connectivity index (χ0v) is 24.5. The summed E-state index contributed by atoms with van der Waals surface area (Å²) < 4.78 is 22.4. The average Bonchev–Trinajstić information content (AvgIpc) is 3.05. The molecule has 5 aromatic rings. The van der Waals surface area contributed by atoms with Crippen LogP contribution in [0.5, 0.6) is 0 Å². The van der Waals surface area contributed by atoms with Crippen LogP contribution in [-0.4, -0.2) is 64.0 Å². The van der Waals surface area contributed by atoms with E-state index in [0.29, 0.717) is 49.6 Å². The van der Waals surface area contributed by atoms with Crippen LogP contribution in [0.4, 0.5) is 10.2 Å². The summed E-state index contributed by atoms with van der Waals surface area (Å²) in [6.45, 7) is 4.45. The number of aryl methyl sites for hydroxylation is 1. The molecular formula is C33H30FN5O6. The number of nitrogens with zero attached hydrogens (tertiary/aromatic N) is 5. The van der Waals surface area contributed by atoms with Crippen LogP contribution in [0.15, 0.2) is 92.1 Å². The Kier molecular flexibility index (Phi) is 8.39. The molecule has 230 valence electrons. The molecule has 0 amide bonds. The van der Waals surface area contributed by atoms with Crippen molar-refractivity contribution >= 4 is 39.5 Å². The van der Waals surface area contributed by atoms with Crippen molar-refractivity contribution in [1.82, 2.24) is 14.5 Å². The molecule has 0 atom stereocenters. The topological polar surface area (TPSA) is 130 Å². The number of carbonyl (C=O) groups is 1. The van der Waals surface area contributed by atoms with Gasteiger partial charge in [0.15, 0.2) is 11.6 Å². The number of pyridine rings is 2. The van der Waals surface area contributed by atoms with E-state index in [-0.39, 0.29) is 30.0 Å². The van der Waals surface area contributed by atoms with Gasteiger partial charge in [-0.05, 0) is 30.7 Å². The number of para-hydroxylation sites is 1. The first-order valence-electron chi connectivity index (χ1n) is 14.5. The molecule has 0 aliphatic carbocycles. The van der Waals surface area contributed by atoms with E-state index in [4.69, 9.17) is 9.25 Å². The highest BCUT2D eigenvalue weighted by molar-refractivity contribution is 6.03. The van der Waals surface area contributed by atoms with Crippen LogP contribution >= 0.6 is 0 Å². The third-order valence-electron chi connectivity index (χ3n) is 7.80. The van der Waals surface area contributed by atoms with Crippen LogP contribution in [0.2, 0.25) is 0 Å². The molecule has 4 heterocycles. The van der Waals surface area contributed by atoms with Gasteiger partial charge in [0.25, 0.3) is 0 Å². The van der Waals surface area contributed by atoms with Gasteiger partial charge in [0.1, 0.15) is 29.1 Å². The van der Waals surface area contributed by atoms with E-state index in [1.165, 1.54) is 10.8 Å². The predicted molar refractivity (Wildman–Crippen MR) is 167 cm³/mol. The molecule has 6 rings (SSSR count). The van der Waals surface area contributed by atoms with Crippen molar-refractivity contribution in [2.45, 2.75) is 20.1 Å². The Bertz CT molecular complexity index is 2030. The molecule has 1 aliphatic heterocycles. The molecule has 0 unspecified atom stereocenters. The summed E-state index contributed by atoms with van der Waals surface area (Å²) >= 11 is 0. The molecule has 0 radical (unpaired) electrons. The van der Waals surface area contributed by atoms with E-state index >= 15 is 4.39 Å². The summed E-state index contributed by atoms with van der Waals surface area (Å²) in [5, 5.41) is 14.5. The standard InChI is InChI=1S/C33H30FN5O6/c1-2-38-18-25(32(41)42)29(40)24-17-26(34)31(35-30(24)38)39-14-12-37(13-15-39)19-27(36-44-20-21-8-4-3-5-9-21)23-16-22-10-6-7-11-28(22)45-33(23)43/h3-11,16-18H,2,12-15,19-20H2,1H3,(H,41,42)/b36-27-. The number of piperazine rings is 1. The lowest BCUT2D eigenvalue weighted by Crippen LogP contribution is -2.49. The van der Waals surface area contributed by atoms with Gasteiger partial charge in [-0.1, -0.05) is 53.7 Å². The molecule has 0 saturated carbocycles. The molecule has 3 aromatic heterocycles. The Morgan fingerprint density at radius 1 is 1.02 bits per heavy atom. The van der Waals surface area contributed by atoms with Crippen molar-refractivity contribution in [3.8, 4) is 0 Å². The van der Waals surface area contributed by atoms with E-state index in [9.17, 15) is 19.5 Å². The van der Waals surface area contributed by atoms with Gasteiger partial charge in [0.2, 0.25) is 5.43 Å². The minimum absolute atomic E-state index is 0.0813. The number of oxime groups is 1. The second kappa shape index (κ2) is 12.7. The predicted octanol–water partition coefficient (Wildman–Crippen LogP) is 4.10. The monoisotopic (exact) mass is 611 g/mol. The number of rotatable bonds is 9. The number of hydrogen-bond donors (Lipinski definition) is 1. The Morgan fingerprint density at radius 2 is 1.76 bits per heavy atom. The fraction of sp³-hybridized carbons (Fsp3) is 0.242. The van der Waals surface area contributed by atoms with E-state index in [1.807, 2.05) is 42.5 Å². The minimum atomic E-state index is -1.38. The van der Waals surface area contributed by atoms with Crippen molar-refractivity contribution in [3.63, 3.8) is 0 Å². The van der Waals surface area contributed by atoms with E-state index in [0.717, 1.165) is 17.0 Å². The fourth-order valence-electron chi connectivity index (χ4n) is 5.41. The summed E-state index contributed by atoms with van der Waals surface area (Å²) in [6.07, 6.45) is 1.24. The molecule has 2 aromatic carbocycles. The van der Waals surface area contributed by atoms with Gasteiger partial charge in [-0.25, -0.2) is 19.0 Å². The molecule has 1 aliphatic rings. The Balaban J connectivity index is 1.24. The van der Waals surface area contributed by atoms with Crippen molar-refractivity contribution in [2.24, 2.45) is 5.16 Å². The summed E-state index contributed by atoms with van der Waals surface area (Å²) in [6, 6.07) is 19.6. The number of carboxylic acid groups (broad SMARTS) is 1. The number of anilines is 1. The molecule has 1 fully saturated rings. The highest BCUT2D eigenvalue weighted by Crippen LogP contribution is 2.23. The maximum absolute atomic E-state index is 15.3. The SMILES string of the molecule is CCn1cc(C(=O)O)c(=O)c2cc(F)c(N3CCN(C/C(=N/OCc4ccccc4)c4cc5ccccc5oc4=O)CC3)nc21. The molecule has 0 spiro atoms. The van der Waals surface area contributed by atoms with Crippen LogP contribution < -0.4 is 16.0 Å². The summed E-state index contributed by atoms with van der Waals surface area (Å²) in [7, 11) is 0. The maximum Gasteiger partial charge on any atom is 0.345 e. The van der Waals surface area contributed by atoms with Gasteiger partial charge in [-0.2, -0.15) is 0 Å². The lowest BCUT2D eigenvalue weighted by atomic mass is 10.1. The van der Waals surface area contributed by atoms with Crippen molar-refractivity contribution in [3.05, 3.63) is 116 Å². The molecule has 1 saturated heterocycles. The largest absolute Gasteiger partial charge is 0.477 e. The van der Waals surface area contributed by atoms with Gasteiger partial charge in [-0.3, -0.25) is 9.69 Å². The van der Waals surface area contributed by atoms with E-state index in [1.54, 1.807) is 30.0 Å². The number of benzene rings is 2. The highest BCUT2D eigenvalue weighted by atomic mass is 19.1. The third-order valence-corrected chi connectivity index (χ3v) is 7.80. The second-order valence-corrected chi connectivity index (χ2v) is 10.7. The molecule has 12 heteroatoms. The molecule has 11 nitrogen and oxygen atoms in total. The molecule has 1 N–H and O–H groups in total. The van der Waals surface area contributed by atoms with Gasteiger partial charge in [0.05, 0.1) is 10.9 Å². The van der Waals surface area contributed by atoms with Crippen molar-refractivity contribution in [1.29, 1.82) is 0 Å². The maximum atomic E-state index is 15.3. The van der Waals surface area contributed by atoms with Gasteiger partial charge < -0.3 is 23.8 Å². The third kappa shape index (κ3) is 6.18. The summed E-state index contributed by atoms with van der Waals surface area (Å²) in [5.74, 6) is -2.00. The van der Waals surface area contributed by atoms with Crippen LogP contribution in [0.25, 0.3) is 22.0 Å². The number of hydrogen-bond acceptors (Lipinski definition) is 9. The lowest BCUT2D eigenvalue weighted by Gasteiger charge is -2.35. The highest BCUT2D eigenvalue weighted by Gasteiger charge is 2.25. The zero-order valence-electron chi connectivity index (χ0n) is 24.5. The van der Waals surface area contributed by atoms with E-state index < -0.39 is 28.4 Å². The lowest BCUT2D eigenvalue weighted by molar-refractivity contribution is 0.0694. The van der Waals surface area contributed by atoms with Gasteiger partial charge >= 0.3 is 11.6 Å². The van der Waals surface area contributed by atoms with Crippen LogP contribution in [0, 0.1) is 5.82 Å². The van der Waals surface area contributed by atoms with Crippen LogP contribution in [0.1, 0.15) is 28.4 Å². The average molecular weight is 612 g/mol. The van der Waals surface area contributed by atoms with E-state index in [2.05, 4.69) is 15.0 Å². The first-order valence-corrected chi connectivity index (χ1v) is 14.5. The number of halogens is 1. The Morgan fingerprint density at radius 3 is 2.49 bits per heavy atom. The number of fused-ring (bicyclic) bond motifs is 2. The minimum Gasteiger partial charge on any atom is -0.477 e. The number of carboxylic acids is 1. The molecule has 0 bridgehead atoms. The smallest absolute Gasteiger partial charge is 0.345 e. The number of aromatic nitrogens is 2. The number of aromatic carboxylic acids is 1. The van der Waals surface area contributed by atoms with Crippen molar-refractivity contribution < 1.29 is 23.5 Å². The van der Waals surface area contributed by atoms with Crippen LogP contribution in [0.3, 0.4) is 0 Å². The Hall–Kier alpha value is -5.36. The summed E-state index contributed by atoms with van der Waals surface area (Å²) in [5.41, 5.74) is 0.602. The molecular weight excluding hydrogens is 581 g/mol. The second-order valence-electron chi connectivity index (χ2n) is 10.7. The van der Waals surface area contributed by atoms with Crippen LogP contribution in [-0.2, 0) is 18.0 Å². The molecule has 45 heavy (non-hydrogen) atoms. The first-order chi connectivity index (χ1) is 21.8. The first kappa shape index (κ1) is 29.7. The quantitative estimate of drug-likeness (QED) is 0.149.